The van der Waals surface area contributed by atoms with Crippen LogP contribution in [0.5, 0.6) is 0 Å². The highest BCUT2D eigenvalue weighted by atomic mass is 19.1. The normalized spacial score (nSPS) is 24.4. The number of anilines is 1. The first-order chi connectivity index (χ1) is 8.61. The molecular formula is C13H17FN2O2. The van der Waals surface area contributed by atoms with E-state index in [0.717, 1.165) is 0 Å². The maximum Gasteiger partial charge on any atom is 0.244 e. The number of nitrogens with one attached hydrogen (secondary N) is 1. The Morgan fingerprint density at radius 1 is 1.56 bits per heavy atom. The van der Waals surface area contributed by atoms with Crippen LogP contribution in [0.15, 0.2) is 24.3 Å². The molecule has 0 spiro atoms. The number of aliphatic hydroxyl groups is 1. The van der Waals surface area contributed by atoms with Crippen LogP contribution in [-0.4, -0.2) is 36.2 Å². The molecule has 18 heavy (non-hydrogen) atoms. The van der Waals surface area contributed by atoms with Gasteiger partial charge in [0.2, 0.25) is 5.91 Å². The van der Waals surface area contributed by atoms with Crippen LogP contribution in [-0.2, 0) is 4.79 Å². The van der Waals surface area contributed by atoms with E-state index in [-0.39, 0.29) is 24.4 Å². The Balaban J connectivity index is 2.23. The van der Waals surface area contributed by atoms with Gasteiger partial charge in [-0.15, -0.1) is 0 Å². The minimum Gasteiger partial charge on any atom is -0.396 e. The average Bonchev–Trinajstić information content (AvgIpc) is 2.33. The van der Waals surface area contributed by atoms with Crippen molar-refractivity contribution in [1.82, 2.24) is 5.32 Å². The largest absolute Gasteiger partial charge is 0.396 e. The number of benzene rings is 1. The molecule has 0 radical (unpaired) electrons. The number of hydrogen-bond donors (Lipinski definition) is 2. The van der Waals surface area contributed by atoms with E-state index in [0.29, 0.717) is 18.7 Å². The van der Waals surface area contributed by atoms with Gasteiger partial charge in [0.1, 0.15) is 5.82 Å². The van der Waals surface area contributed by atoms with Gasteiger partial charge in [-0.05, 0) is 31.5 Å². The van der Waals surface area contributed by atoms with E-state index in [1.165, 1.54) is 12.1 Å². The first-order valence-corrected chi connectivity index (χ1v) is 6.05. The molecule has 1 amide bonds. The molecule has 2 N–H and O–H groups in total. The SMILES string of the molecule is CC1CN(c2cccc(F)c2)C(=O)C(CCO)N1. The monoisotopic (exact) mass is 252 g/mol. The van der Waals surface area contributed by atoms with Crippen molar-refractivity contribution in [2.75, 3.05) is 18.1 Å². The summed E-state index contributed by atoms with van der Waals surface area (Å²) in [6.07, 6.45) is 0.370. The van der Waals surface area contributed by atoms with Gasteiger partial charge in [0, 0.05) is 24.9 Å². The number of aliphatic hydroxyl groups excluding tert-OH is 1. The third-order valence-corrected chi connectivity index (χ3v) is 3.04. The molecule has 0 aliphatic carbocycles. The van der Waals surface area contributed by atoms with E-state index in [2.05, 4.69) is 5.32 Å². The summed E-state index contributed by atoms with van der Waals surface area (Å²) < 4.78 is 13.2. The van der Waals surface area contributed by atoms with Crippen LogP contribution in [0.1, 0.15) is 13.3 Å². The second-order valence-electron chi connectivity index (χ2n) is 4.56. The number of halogens is 1. The molecule has 1 heterocycles. The third kappa shape index (κ3) is 2.68. The Morgan fingerprint density at radius 2 is 2.33 bits per heavy atom. The van der Waals surface area contributed by atoms with E-state index >= 15 is 0 Å². The van der Waals surface area contributed by atoms with Crippen molar-refractivity contribution >= 4 is 11.6 Å². The van der Waals surface area contributed by atoms with Gasteiger partial charge in [0.05, 0.1) is 6.04 Å². The van der Waals surface area contributed by atoms with E-state index in [9.17, 15) is 9.18 Å². The Bertz CT molecular complexity index is 439. The van der Waals surface area contributed by atoms with E-state index in [1.54, 1.807) is 17.0 Å². The van der Waals surface area contributed by atoms with Gasteiger partial charge < -0.3 is 15.3 Å². The van der Waals surface area contributed by atoms with Gasteiger partial charge in [0.15, 0.2) is 0 Å². The lowest BCUT2D eigenvalue weighted by molar-refractivity contribution is -0.122. The fourth-order valence-electron chi connectivity index (χ4n) is 2.23. The number of amides is 1. The summed E-state index contributed by atoms with van der Waals surface area (Å²) in [6.45, 7) is 2.42. The highest BCUT2D eigenvalue weighted by Gasteiger charge is 2.32. The lowest BCUT2D eigenvalue weighted by atomic mass is 10.1. The molecule has 1 aromatic rings. The standard InChI is InChI=1S/C13H17FN2O2/c1-9-8-16(11-4-2-3-10(14)7-11)13(18)12(15-9)5-6-17/h2-4,7,9,12,15,17H,5-6,8H2,1H3. The van der Waals surface area contributed by atoms with Gasteiger partial charge in [-0.1, -0.05) is 6.07 Å². The highest BCUT2D eigenvalue weighted by Crippen LogP contribution is 2.20. The summed E-state index contributed by atoms with van der Waals surface area (Å²) in [5.74, 6) is -0.474. The Hall–Kier alpha value is -1.46. The minimum atomic E-state index is -0.401. The summed E-state index contributed by atoms with van der Waals surface area (Å²) in [5, 5.41) is 12.1. The molecule has 4 nitrogen and oxygen atoms in total. The van der Waals surface area contributed by atoms with Crippen LogP contribution in [0.4, 0.5) is 10.1 Å². The Labute approximate surface area is 105 Å². The van der Waals surface area contributed by atoms with E-state index in [4.69, 9.17) is 5.11 Å². The molecular weight excluding hydrogens is 235 g/mol. The summed E-state index contributed by atoms with van der Waals surface area (Å²) in [6, 6.07) is 5.72. The number of carbonyl (C=O) groups is 1. The predicted octanol–water partition coefficient (Wildman–Crippen LogP) is 0.901. The molecule has 1 aromatic carbocycles. The van der Waals surface area contributed by atoms with Gasteiger partial charge >= 0.3 is 0 Å². The molecule has 0 bridgehead atoms. The molecule has 1 fully saturated rings. The van der Waals surface area contributed by atoms with Crippen LogP contribution >= 0.6 is 0 Å². The predicted molar refractivity (Wildman–Crippen MR) is 66.8 cm³/mol. The number of nitrogens with zero attached hydrogens (tertiary/aromatic N) is 1. The maximum absolute atomic E-state index is 13.2. The van der Waals surface area contributed by atoms with Crippen molar-refractivity contribution in [3.05, 3.63) is 30.1 Å². The van der Waals surface area contributed by atoms with Crippen molar-refractivity contribution in [3.63, 3.8) is 0 Å². The second kappa shape index (κ2) is 5.46. The number of rotatable bonds is 3. The lowest BCUT2D eigenvalue weighted by Crippen LogP contribution is -2.59. The van der Waals surface area contributed by atoms with Crippen molar-refractivity contribution in [2.45, 2.75) is 25.4 Å². The van der Waals surface area contributed by atoms with Crippen LogP contribution in [0.3, 0.4) is 0 Å². The number of carbonyl (C=O) groups excluding carboxylic acids is 1. The van der Waals surface area contributed by atoms with Crippen LogP contribution < -0.4 is 10.2 Å². The molecule has 5 heteroatoms. The highest BCUT2D eigenvalue weighted by molar-refractivity contribution is 5.98. The maximum atomic E-state index is 13.2. The zero-order valence-corrected chi connectivity index (χ0v) is 10.3. The molecule has 2 unspecified atom stereocenters. The summed E-state index contributed by atoms with van der Waals surface area (Å²) >= 11 is 0. The molecule has 1 aliphatic rings. The smallest absolute Gasteiger partial charge is 0.244 e. The van der Waals surface area contributed by atoms with Crippen molar-refractivity contribution in [1.29, 1.82) is 0 Å². The summed E-state index contributed by atoms with van der Waals surface area (Å²) in [5.41, 5.74) is 0.566. The fourth-order valence-corrected chi connectivity index (χ4v) is 2.23. The summed E-state index contributed by atoms with van der Waals surface area (Å²) in [4.78, 5) is 13.8. The van der Waals surface area contributed by atoms with Gasteiger partial charge in [-0.2, -0.15) is 0 Å². The first kappa shape index (κ1) is 13.0. The third-order valence-electron chi connectivity index (χ3n) is 3.04. The molecule has 0 aromatic heterocycles. The zero-order chi connectivity index (χ0) is 13.1. The minimum absolute atomic E-state index is 0.0485. The van der Waals surface area contributed by atoms with Crippen LogP contribution in [0.2, 0.25) is 0 Å². The molecule has 0 saturated carbocycles. The van der Waals surface area contributed by atoms with Crippen LogP contribution in [0, 0.1) is 5.82 Å². The molecule has 98 valence electrons. The topological polar surface area (TPSA) is 52.6 Å². The van der Waals surface area contributed by atoms with E-state index in [1.807, 2.05) is 6.92 Å². The second-order valence-corrected chi connectivity index (χ2v) is 4.56. The Kier molecular flexibility index (Phi) is 3.93. The van der Waals surface area contributed by atoms with Crippen LogP contribution in [0.25, 0.3) is 0 Å². The zero-order valence-electron chi connectivity index (χ0n) is 10.3. The summed E-state index contributed by atoms with van der Waals surface area (Å²) in [7, 11) is 0. The van der Waals surface area contributed by atoms with E-state index < -0.39 is 6.04 Å². The number of piperazine rings is 1. The quantitative estimate of drug-likeness (QED) is 0.840. The molecule has 1 saturated heterocycles. The lowest BCUT2D eigenvalue weighted by Gasteiger charge is -2.37. The fraction of sp³-hybridized carbons (Fsp3) is 0.462. The molecule has 2 atom stereocenters. The van der Waals surface area contributed by atoms with Crippen molar-refractivity contribution in [2.24, 2.45) is 0 Å². The first-order valence-electron chi connectivity index (χ1n) is 6.05. The van der Waals surface area contributed by atoms with Crippen molar-refractivity contribution < 1.29 is 14.3 Å². The van der Waals surface area contributed by atoms with Gasteiger partial charge in [-0.3, -0.25) is 4.79 Å². The van der Waals surface area contributed by atoms with Gasteiger partial charge in [0.25, 0.3) is 0 Å². The Morgan fingerprint density at radius 3 is 3.00 bits per heavy atom. The molecule has 1 aliphatic heterocycles. The number of hydrogen-bond acceptors (Lipinski definition) is 3. The average molecular weight is 252 g/mol. The van der Waals surface area contributed by atoms with Crippen molar-refractivity contribution in [3.8, 4) is 0 Å². The molecule has 2 rings (SSSR count). The van der Waals surface area contributed by atoms with Gasteiger partial charge in [-0.25, -0.2) is 4.39 Å².